The molecule has 0 fully saturated rings. The largest absolute Gasteiger partial charge is 0.256 e. The van der Waals surface area contributed by atoms with Crippen LogP contribution in [0.5, 0.6) is 0 Å². The van der Waals surface area contributed by atoms with Gasteiger partial charge in [0.2, 0.25) is 0 Å². The third-order valence-corrected chi connectivity index (χ3v) is 10.6. The van der Waals surface area contributed by atoms with Crippen molar-refractivity contribution in [2.75, 3.05) is 0 Å². The van der Waals surface area contributed by atoms with E-state index in [1.807, 2.05) is 66.9 Å². The summed E-state index contributed by atoms with van der Waals surface area (Å²) in [5.74, 6) is 1.83. The van der Waals surface area contributed by atoms with Gasteiger partial charge in [0.15, 0.2) is 17.5 Å². The van der Waals surface area contributed by atoms with E-state index in [4.69, 9.17) is 24.9 Å². The van der Waals surface area contributed by atoms with E-state index in [-0.39, 0.29) is 0 Å². The molecule has 0 atom stereocenters. The lowest BCUT2D eigenvalue weighted by molar-refractivity contribution is 1.07. The SMILES string of the molecule is Cc1cc2c(-c3ccnc(-c4cc(-c5nc(-c6ccccc6)nc(-c6ccccc6)n5)cc(-c5cc6ccccc6c6ccccc56)c4)c3)cccc2nc1C. The lowest BCUT2D eigenvalue weighted by atomic mass is 9.90. The second kappa shape index (κ2) is 13.8. The van der Waals surface area contributed by atoms with Crippen molar-refractivity contribution in [3.05, 3.63) is 187 Å². The summed E-state index contributed by atoms with van der Waals surface area (Å²) in [5, 5.41) is 5.92. The molecule has 0 saturated heterocycles. The molecule has 5 nitrogen and oxygen atoms in total. The van der Waals surface area contributed by atoms with Crippen molar-refractivity contribution >= 4 is 32.4 Å². The highest BCUT2D eigenvalue weighted by atomic mass is 15.0. The van der Waals surface area contributed by atoms with Crippen LogP contribution in [0.4, 0.5) is 0 Å². The topological polar surface area (TPSA) is 64.5 Å². The number of rotatable bonds is 6. The maximum atomic E-state index is 5.15. The average Bonchev–Trinajstić information content (AvgIpc) is 3.26. The fourth-order valence-corrected chi connectivity index (χ4v) is 7.69. The number of fused-ring (bicyclic) bond motifs is 4. The summed E-state index contributed by atoms with van der Waals surface area (Å²) in [6.07, 6.45) is 1.90. The van der Waals surface area contributed by atoms with Crippen LogP contribution >= 0.6 is 0 Å². The Morgan fingerprint density at radius 3 is 1.70 bits per heavy atom. The van der Waals surface area contributed by atoms with Crippen LogP contribution < -0.4 is 0 Å². The van der Waals surface area contributed by atoms with Gasteiger partial charge in [0, 0.05) is 39.5 Å². The van der Waals surface area contributed by atoms with Gasteiger partial charge in [-0.25, -0.2) is 15.0 Å². The third kappa shape index (κ3) is 6.05. The van der Waals surface area contributed by atoms with Gasteiger partial charge in [0.25, 0.3) is 0 Å². The van der Waals surface area contributed by atoms with Crippen molar-refractivity contribution in [3.8, 4) is 67.7 Å². The highest BCUT2D eigenvalue weighted by Gasteiger charge is 2.17. The van der Waals surface area contributed by atoms with E-state index in [1.165, 1.54) is 27.1 Å². The molecule has 0 spiro atoms. The second-order valence-electron chi connectivity index (χ2n) is 14.2. The van der Waals surface area contributed by atoms with Gasteiger partial charge in [0.1, 0.15) is 0 Å². The summed E-state index contributed by atoms with van der Waals surface area (Å²) < 4.78 is 0. The highest BCUT2D eigenvalue weighted by molar-refractivity contribution is 6.14. The lowest BCUT2D eigenvalue weighted by Gasteiger charge is -2.15. The molecule has 0 amide bonds. The number of aryl methyl sites for hydroxylation is 2. The zero-order valence-corrected chi connectivity index (χ0v) is 31.0. The van der Waals surface area contributed by atoms with Gasteiger partial charge in [-0.05, 0) is 112 Å². The van der Waals surface area contributed by atoms with Crippen molar-refractivity contribution in [3.63, 3.8) is 0 Å². The summed E-state index contributed by atoms with van der Waals surface area (Å²) in [7, 11) is 0. The third-order valence-electron chi connectivity index (χ3n) is 10.6. The first kappa shape index (κ1) is 33.2. The van der Waals surface area contributed by atoms with Crippen LogP contribution in [0.2, 0.25) is 0 Å². The van der Waals surface area contributed by atoms with E-state index in [1.54, 1.807) is 0 Å². The van der Waals surface area contributed by atoms with E-state index in [9.17, 15) is 0 Å². The summed E-state index contributed by atoms with van der Waals surface area (Å²) in [6.45, 7) is 4.18. The van der Waals surface area contributed by atoms with Gasteiger partial charge < -0.3 is 0 Å². The van der Waals surface area contributed by atoms with E-state index in [0.29, 0.717) is 17.5 Å². The van der Waals surface area contributed by atoms with Gasteiger partial charge in [0.05, 0.1) is 11.2 Å². The van der Waals surface area contributed by atoms with Gasteiger partial charge in [-0.15, -0.1) is 0 Å². The van der Waals surface area contributed by atoms with Crippen LogP contribution in [0, 0.1) is 13.8 Å². The van der Waals surface area contributed by atoms with E-state index in [2.05, 4.69) is 123 Å². The molecule has 264 valence electrons. The van der Waals surface area contributed by atoms with Crippen LogP contribution in [-0.2, 0) is 0 Å². The summed E-state index contributed by atoms with van der Waals surface area (Å²) in [5.41, 5.74) is 12.1. The zero-order chi connectivity index (χ0) is 37.6. The van der Waals surface area contributed by atoms with Crippen LogP contribution in [-0.4, -0.2) is 24.9 Å². The summed E-state index contributed by atoms with van der Waals surface area (Å²) in [6, 6.07) is 59.2. The Morgan fingerprint density at radius 1 is 0.357 bits per heavy atom. The minimum atomic E-state index is 0.591. The van der Waals surface area contributed by atoms with Crippen molar-refractivity contribution in [2.24, 2.45) is 0 Å². The molecule has 7 aromatic carbocycles. The maximum Gasteiger partial charge on any atom is 0.164 e. The van der Waals surface area contributed by atoms with Gasteiger partial charge in [-0.3, -0.25) is 9.97 Å². The first-order valence-corrected chi connectivity index (χ1v) is 18.8. The molecule has 0 N–H and O–H groups in total. The van der Waals surface area contributed by atoms with Crippen LogP contribution in [0.1, 0.15) is 11.3 Å². The second-order valence-corrected chi connectivity index (χ2v) is 14.2. The standard InChI is InChI=1S/C51H35N5/c1-32-26-46-42(22-13-23-47(46)53-33(32)2)37-24-25-52-48(31-37)39-27-38(45-30-36-18-9-10-19-41(36)43-20-11-12-21-44(43)45)28-40(29-39)51-55-49(34-14-5-3-6-15-34)54-50(56-51)35-16-7-4-8-17-35/h3-31H,1-2H3. The van der Waals surface area contributed by atoms with Crippen molar-refractivity contribution in [1.82, 2.24) is 24.9 Å². The Balaban J connectivity index is 1.23. The molecule has 56 heavy (non-hydrogen) atoms. The van der Waals surface area contributed by atoms with Crippen molar-refractivity contribution < 1.29 is 0 Å². The molecule has 3 heterocycles. The monoisotopic (exact) mass is 717 g/mol. The molecule has 0 aliphatic heterocycles. The number of pyridine rings is 2. The van der Waals surface area contributed by atoms with Gasteiger partial charge in [-0.1, -0.05) is 121 Å². The fourth-order valence-electron chi connectivity index (χ4n) is 7.69. The zero-order valence-electron chi connectivity index (χ0n) is 31.0. The number of hydrogen-bond donors (Lipinski definition) is 0. The summed E-state index contributed by atoms with van der Waals surface area (Å²) >= 11 is 0. The first-order chi connectivity index (χ1) is 27.6. The Kier molecular flexibility index (Phi) is 8.19. The number of aromatic nitrogens is 5. The van der Waals surface area contributed by atoms with E-state index in [0.717, 1.165) is 66.8 Å². The van der Waals surface area contributed by atoms with Gasteiger partial charge in [-0.2, -0.15) is 0 Å². The molecule has 0 unspecified atom stereocenters. The molecular weight excluding hydrogens is 683 g/mol. The molecule has 0 aliphatic rings. The molecule has 10 rings (SSSR count). The minimum Gasteiger partial charge on any atom is -0.256 e. The summed E-state index contributed by atoms with van der Waals surface area (Å²) in [4.78, 5) is 25.2. The molecule has 0 aliphatic carbocycles. The quantitative estimate of drug-likeness (QED) is 0.160. The number of nitrogens with zero attached hydrogens (tertiary/aromatic N) is 5. The fraction of sp³-hybridized carbons (Fsp3) is 0.0392. The Hall–Kier alpha value is -7.37. The lowest BCUT2D eigenvalue weighted by Crippen LogP contribution is -2.00. The van der Waals surface area contributed by atoms with E-state index >= 15 is 0 Å². The molecule has 0 bridgehead atoms. The number of hydrogen-bond acceptors (Lipinski definition) is 5. The van der Waals surface area contributed by atoms with Crippen molar-refractivity contribution in [2.45, 2.75) is 13.8 Å². The minimum absolute atomic E-state index is 0.591. The predicted octanol–water partition coefficient (Wildman–Crippen LogP) is 12.7. The molecule has 10 aromatic rings. The molecule has 3 aromatic heterocycles. The first-order valence-electron chi connectivity index (χ1n) is 18.8. The van der Waals surface area contributed by atoms with E-state index < -0.39 is 0 Å². The number of benzene rings is 7. The molecular formula is C51H35N5. The average molecular weight is 718 g/mol. The smallest absolute Gasteiger partial charge is 0.164 e. The Labute approximate surface area is 325 Å². The van der Waals surface area contributed by atoms with Crippen molar-refractivity contribution in [1.29, 1.82) is 0 Å². The Bertz CT molecular complexity index is 3040. The molecule has 0 saturated carbocycles. The van der Waals surface area contributed by atoms with Crippen LogP contribution in [0.25, 0.3) is 100 Å². The predicted molar refractivity (Wildman–Crippen MR) is 230 cm³/mol. The maximum absolute atomic E-state index is 5.15. The van der Waals surface area contributed by atoms with Crippen LogP contribution in [0.3, 0.4) is 0 Å². The van der Waals surface area contributed by atoms with Crippen LogP contribution in [0.15, 0.2) is 176 Å². The normalized spacial score (nSPS) is 11.4. The molecule has 5 heteroatoms. The highest BCUT2D eigenvalue weighted by Crippen LogP contribution is 2.39. The molecule has 0 radical (unpaired) electrons. The van der Waals surface area contributed by atoms with Gasteiger partial charge >= 0.3 is 0 Å². The Morgan fingerprint density at radius 2 is 0.964 bits per heavy atom.